The Balaban J connectivity index is 1.70. The molecule has 2 saturated heterocycles. The van der Waals surface area contributed by atoms with Crippen LogP contribution in [0.5, 0.6) is 0 Å². The first-order valence-electron chi connectivity index (χ1n) is 9.41. The average Bonchev–Trinajstić information content (AvgIpc) is 3.24. The van der Waals surface area contributed by atoms with Crippen molar-refractivity contribution in [3.63, 3.8) is 0 Å². The Morgan fingerprint density at radius 2 is 2.14 bits per heavy atom. The van der Waals surface area contributed by atoms with E-state index >= 15 is 4.39 Å². The molecule has 154 valence electrons. The van der Waals surface area contributed by atoms with Crippen LogP contribution >= 0.6 is 11.6 Å². The third-order valence-corrected chi connectivity index (χ3v) is 6.23. The lowest BCUT2D eigenvalue weighted by Crippen LogP contribution is -2.47. The van der Waals surface area contributed by atoms with Crippen molar-refractivity contribution in [2.75, 3.05) is 31.1 Å². The van der Waals surface area contributed by atoms with E-state index in [0.717, 1.165) is 12.3 Å². The number of carboxylic acids is 1. The Bertz CT molecular complexity index is 1080. The number of anilines is 1. The summed E-state index contributed by atoms with van der Waals surface area (Å²) in [7, 11) is 0. The van der Waals surface area contributed by atoms with Gasteiger partial charge >= 0.3 is 5.97 Å². The Hall–Kier alpha value is -2.23. The zero-order chi connectivity index (χ0) is 20.4. The molecule has 2 aliphatic heterocycles. The van der Waals surface area contributed by atoms with E-state index in [-0.39, 0.29) is 40.2 Å². The summed E-state index contributed by atoms with van der Waals surface area (Å²) in [6.45, 7) is 2.17. The summed E-state index contributed by atoms with van der Waals surface area (Å²) in [6, 6.07) is 0.413. The van der Waals surface area contributed by atoms with Crippen LogP contribution in [0.2, 0.25) is 5.02 Å². The van der Waals surface area contributed by atoms with Crippen LogP contribution in [0.3, 0.4) is 0 Å². The van der Waals surface area contributed by atoms with Gasteiger partial charge in [0.2, 0.25) is 5.43 Å². The molecule has 5 rings (SSSR count). The van der Waals surface area contributed by atoms with Gasteiger partial charge in [-0.25, -0.2) is 13.6 Å². The fourth-order valence-electron chi connectivity index (χ4n) is 4.35. The van der Waals surface area contributed by atoms with E-state index < -0.39 is 35.0 Å². The van der Waals surface area contributed by atoms with Gasteiger partial charge < -0.3 is 24.6 Å². The highest BCUT2D eigenvalue weighted by atomic mass is 35.5. The summed E-state index contributed by atoms with van der Waals surface area (Å²) in [6.07, 6.45) is 0.0228. The summed E-state index contributed by atoms with van der Waals surface area (Å²) in [5, 5.41) is 12.5. The predicted octanol–water partition coefficient (Wildman–Crippen LogP) is 1.95. The molecule has 3 heterocycles. The van der Waals surface area contributed by atoms with Crippen LogP contribution in [-0.2, 0) is 4.74 Å². The van der Waals surface area contributed by atoms with E-state index in [0.29, 0.717) is 26.2 Å². The summed E-state index contributed by atoms with van der Waals surface area (Å²) >= 11 is 6.58. The molecular formula is C19H18ClF2N3O4. The van der Waals surface area contributed by atoms with E-state index in [9.17, 15) is 19.1 Å². The fourth-order valence-corrected chi connectivity index (χ4v) is 4.76. The minimum Gasteiger partial charge on any atom is -0.477 e. The van der Waals surface area contributed by atoms with Crippen LogP contribution in [0.1, 0.15) is 22.8 Å². The molecule has 3 aliphatic rings. The highest BCUT2D eigenvalue weighted by Crippen LogP contribution is 2.44. The van der Waals surface area contributed by atoms with Gasteiger partial charge in [0, 0.05) is 32.3 Å². The number of alkyl halides is 1. The number of nitrogens with zero attached hydrogens (tertiary/aromatic N) is 2. The van der Waals surface area contributed by atoms with Crippen molar-refractivity contribution in [3.8, 4) is 0 Å². The van der Waals surface area contributed by atoms with Gasteiger partial charge in [-0.15, -0.1) is 0 Å². The third-order valence-electron chi connectivity index (χ3n) is 5.88. The normalized spacial score (nSPS) is 28.6. The van der Waals surface area contributed by atoms with Crippen molar-refractivity contribution < 1.29 is 23.4 Å². The highest BCUT2D eigenvalue weighted by molar-refractivity contribution is 6.38. The van der Waals surface area contributed by atoms with Gasteiger partial charge in [0.25, 0.3) is 0 Å². The van der Waals surface area contributed by atoms with Gasteiger partial charge in [-0.3, -0.25) is 4.79 Å². The van der Waals surface area contributed by atoms with Gasteiger partial charge in [-0.1, -0.05) is 11.6 Å². The number of carboxylic acid groups (broad SMARTS) is 1. The van der Waals surface area contributed by atoms with Crippen molar-refractivity contribution >= 4 is 34.2 Å². The quantitative estimate of drug-likeness (QED) is 0.782. The van der Waals surface area contributed by atoms with Crippen LogP contribution in [-0.4, -0.2) is 60.2 Å². The van der Waals surface area contributed by atoms with Crippen LogP contribution in [0.15, 0.2) is 17.1 Å². The molecule has 3 fully saturated rings. The Kier molecular flexibility index (Phi) is 4.30. The molecule has 0 amide bonds. The lowest BCUT2D eigenvalue weighted by atomic mass is 10.1. The second kappa shape index (κ2) is 6.65. The second-order valence-corrected chi connectivity index (χ2v) is 8.07. The molecule has 1 saturated carbocycles. The molecule has 2 N–H and O–H groups in total. The summed E-state index contributed by atoms with van der Waals surface area (Å²) in [5.41, 5.74) is -1.10. The number of aromatic carboxylic acids is 1. The number of morpholine rings is 1. The number of halogens is 3. The molecule has 29 heavy (non-hydrogen) atoms. The lowest BCUT2D eigenvalue weighted by molar-refractivity contribution is 0.0212. The molecule has 1 aliphatic carbocycles. The van der Waals surface area contributed by atoms with E-state index in [1.54, 1.807) is 4.90 Å². The topological polar surface area (TPSA) is 83.8 Å². The maximum absolute atomic E-state index is 15.1. The lowest BCUT2D eigenvalue weighted by Gasteiger charge is -2.25. The zero-order valence-electron chi connectivity index (χ0n) is 15.2. The number of hydrogen-bond acceptors (Lipinski definition) is 5. The smallest absolute Gasteiger partial charge is 0.341 e. The number of hydrogen-bond donors (Lipinski definition) is 2. The van der Waals surface area contributed by atoms with Gasteiger partial charge in [-0.2, -0.15) is 0 Å². The van der Waals surface area contributed by atoms with Crippen molar-refractivity contribution in [2.24, 2.45) is 0 Å². The van der Waals surface area contributed by atoms with Gasteiger partial charge in [0.05, 0.1) is 46.4 Å². The first-order chi connectivity index (χ1) is 13.9. The number of pyridine rings is 1. The highest BCUT2D eigenvalue weighted by Gasteiger charge is 2.42. The average molecular weight is 426 g/mol. The number of fused-ring (bicyclic) bond motifs is 2. The third kappa shape index (κ3) is 2.91. The fraction of sp³-hybridized carbons (Fsp3) is 0.474. The van der Waals surface area contributed by atoms with Crippen molar-refractivity contribution in [1.82, 2.24) is 9.88 Å². The van der Waals surface area contributed by atoms with Crippen LogP contribution in [0, 0.1) is 5.82 Å². The first kappa shape index (κ1) is 18.8. The number of nitrogens with one attached hydrogen (secondary N) is 1. The van der Waals surface area contributed by atoms with Crippen LogP contribution < -0.4 is 15.6 Å². The maximum Gasteiger partial charge on any atom is 0.341 e. The van der Waals surface area contributed by atoms with Crippen LogP contribution in [0.25, 0.3) is 10.9 Å². The zero-order valence-corrected chi connectivity index (χ0v) is 16.0. The van der Waals surface area contributed by atoms with Gasteiger partial charge in [0.15, 0.2) is 0 Å². The summed E-state index contributed by atoms with van der Waals surface area (Å²) in [5.74, 6) is -2.17. The Labute approximate surface area is 168 Å². The standard InChI is InChI=1S/C19H18ClF2N3O4/c20-15-16-8(18(26)9(19(27)28)5-25(16)13-4-10(13)21)3-11(22)17(15)24-6-12-14(7-24)29-2-1-23-12/h3,5,10,12-14,23H,1-2,4,6-7H2,(H,27,28)/t10-,12+,13-,14-/m1/s1. The molecule has 0 spiro atoms. The van der Waals surface area contributed by atoms with Crippen molar-refractivity contribution in [1.29, 1.82) is 0 Å². The van der Waals surface area contributed by atoms with Crippen molar-refractivity contribution in [3.05, 3.63) is 38.9 Å². The molecule has 0 radical (unpaired) electrons. The monoisotopic (exact) mass is 425 g/mol. The molecule has 4 atom stereocenters. The molecule has 10 heteroatoms. The molecule has 1 aromatic carbocycles. The van der Waals surface area contributed by atoms with Gasteiger partial charge in [-0.05, 0) is 6.07 Å². The molecular weight excluding hydrogens is 408 g/mol. The molecule has 0 unspecified atom stereocenters. The molecule has 1 aromatic heterocycles. The minimum atomic E-state index is -1.45. The number of aromatic nitrogens is 1. The van der Waals surface area contributed by atoms with E-state index in [1.807, 2.05) is 0 Å². The van der Waals surface area contributed by atoms with E-state index in [1.165, 1.54) is 4.57 Å². The number of ether oxygens (including phenoxy) is 1. The molecule has 7 nitrogen and oxygen atoms in total. The van der Waals surface area contributed by atoms with Crippen molar-refractivity contribution in [2.45, 2.75) is 30.8 Å². The summed E-state index contributed by atoms with van der Waals surface area (Å²) < 4.78 is 36.0. The first-order valence-corrected chi connectivity index (χ1v) is 9.78. The number of carbonyl (C=O) groups is 1. The maximum atomic E-state index is 15.1. The molecule has 0 bridgehead atoms. The Morgan fingerprint density at radius 3 is 2.79 bits per heavy atom. The van der Waals surface area contributed by atoms with E-state index in [2.05, 4.69) is 5.32 Å². The number of rotatable bonds is 3. The van der Waals surface area contributed by atoms with E-state index in [4.69, 9.17) is 16.3 Å². The second-order valence-electron chi connectivity index (χ2n) is 7.70. The number of benzene rings is 1. The molecule has 2 aromatic rings. The Morgan fingerprint density at radius 1 is 1.38 bits per heavy atom. The summed E-state index contributed by atoms with van der Waals surface area (Å²) in [4.78, 5) is 25.9. The largest absolute Gasteiger partial charge is 0.477 e. The SMILES string of the molecule is O=C(O)c1cn([C@@H]2C[C@H]2F)c2c(Cl)c(N3C[C@@H]4NCCO[C@@H]4C3)c(F)cc2c1=O. The van der Waals surface area contributed by atoms with Gasteiger partial charge in [0.1, 0.15) is 17.6 Å². The minimum absolute atomic E-state index is 0.0215. The van der Waals surface area contributed by atoms with Crippen LogP contribution in [0.4, 0.5) is 14.5 Å². The predicted molar refractivity (Wildman–Crippen MR) is 102 cm³/mol.